The van der Waals surface area contributed by atoms with Crippen molar-refractivity contribution in [3.8, 4) is 5.75 Å². The molecule has 1 N–H and O–H groups in total. The molecule has 130 valence electrons. The number of urea groups is 1. The minimum Gasteiger partial charge on any atom is -0.487 e. The smallest absolute Gasteiger partial charge is 0.317 e. The van der Waals surface area contributed by atoms with Crippen LogP contribution in [0.5, 0.6) is 5.75 Å². The van der Waals surface area contributed by atoms with Gasteiger partial charge in [0, 0.05) is 31.4 Å². The average Bonchev–Trinajstić information content (AvgIpc) is 2.66. The first-order chi connectivity index (χ1) is 12.2. The Morgan fingerprint density at radius 1 is 1.20 bits per heavy atom. The maximum atomic E-state index is 12.3. The van der Waals surface area contributed by atoms with Gasteiger partial charge in [-0.15, -0.1) is 0 Å². The highest BCUT2D eigenvalue weighted by Gasteiger charge is 2.18. The average molecular weight is 337 g/mol. The highest BCUT2D eigenvalue weighted by atomic mass is 16.5. The topological polar surface area (TPSA) is 54.5 Å². The van der Waals surface area contributed by atoms with Crippen LogP contribution in [-0.4, -0.2) is 29.0 Å². The van der Waals surface area contributed by atoms with Crippen LogP contribution in [0.25, 0.3) is 0 Å². The maximum Gasteiger partial charge on any atom is 0.317 e. The van der Waals surface area contributed by atoms with Gasteiger partial charge in [0.1, 0.15) is 12.4 Å². The van der Waals surface area contributed by atoms with E-state index in [1.165, 1.54) is 5.57 Å². The highest BCUT2D eigenvalue weighted by Crippen LogP contribution is 2.18. The minimum absolute atomic E-state index is 0.0432. The predicted molar refractivity (Wildman–Crippen MR) is 97.2 cm³/mol. The third-order valence-electron chi connectivity index (χ3n) is 4.30. The molecule has 25 heavy (non-hydrogen) atoms. The Morgan fingerprint density at radius 2 is 1.96 bits per heavy atom. The molecule has 0 atom stereocenters. The molecule has 1 fully saturated rings. The molecule has 0 bridgehead atoms. The number of rotatable bonds is 5. The highest BCUT2D eigenvalue weighted by molar-refractivity contribution is 5.74. The Kier molecular flexibility index (Phi) is 5.67. The maximum absolute atomic E-state index is 12.3. The summed E-state index contributed by atoms with van der Waals surface area (Å²) < 4.78 is 5.88. The van der Waals surface area contributed by atoms with Crippen LogP contribution in [0.1, 0.15) is 24.0 Å². The first-order valence-corrected chi connectivity index (χ1v) is 8.51. The number of hydrogen-bond donors (Lipinski definition) is 1. The number of likely N-dealkylation sites (tertiary alicyclic amines) is 1. The van der Waals surface area contributed by atoms with Crippen LogP contribution in [0.2, 0.25) is 0 Å². The molecule has 0 spiro atoms. The molecule has 2 aromatic rings. The zero-order chi connectivity index (χ0) is 17.5. The SMILES string of the molecule is C=C1CCN(C(=O)NCc2ccncc2OCc2ccccc2)CC1. The molecule has 0 unspecified atom stereocenters. The number of ether oxygens (including phenoxy) is 1. The van der Waals surface area contributed by atoms with Crippen LogP contribution in [0.3, 0.4) is 0 Å². The van der Waals surface area contributed by atoms with Gasteiger partial charge in [-0.05, 0) is 24.5 Å². The van der Waals surface area contributed by atoms with Crippen LogP contribution in [0.15, 0.2) is 60.9 Å². The van der Waals surface area contributed by atoms with Crippen molar-refractivity contribution >= 4 is 6.03 Å². The van der Waals surface area contributed by atoms with Crippen molar-refractivity contribution in [2.75, 3.05) is 13.1 Å². The number of carbonyl (C=O) groups excluding carboxylic acids is 1. The molecule has 0 saturated carbocycles. The van der Waals surface area contributed by atoms with E-state index < -0.39 is 0 Å². The van der Waals surface area contributed by atoms with Crippen molar-refractivity contribution in [1.82, 2.24) is 15.2 Å². The van der Waals surface area contributed by atoms with Crippen molar-refractivity contribution in [3.63, 3.8) is 0 Å². The van der Waals surface area contributed by atoms with E-state index >= 15 is 0 Å². The van der Waals surface area contributed by atoms with Gasteiger partial charge >= 0.3 is 6.03 Å². The largest absolute Gasteiger partial charge is 0.487 e. The Balaban J connectivity index is 1.55. The number of benzene rings is 1. The molecule has 1 saturated heterocycles. The first-order valence-electron chi connectivity index (χ1n) is 8.51. The van der Waals surface area contributed by atoms with Crippen molar-refractivity contribution in [1.29, 1.82) is 0 Å². The standard InChI is InChI=1S/C20H23N3O2/c1-16-8-11-23(12-9-16)20(24)22-13-18-7-10-21-14-19(18)25-15-17-5-3-2-4-6-17/h2-7,10,14H,1,8-9,11-13,15H2,(H,22,24). The number of nitrogens with one attached hydrogen (secondary N) is 1. The second-order valence-electron chi connectivity index (χ2n) is 6.15. The Morgan fingerprint density at radius 3 is 2.72 bits per heavy atom. The molecule has 2 amide bonds. The molecule has 5 nitrogen and oxygen atoms in total. The van der Waals surface area contributed by atoms with Gasteiger partial charge in [-0.1, -0.05) is 42.5 Å². The number of hydrogen-bond acceptors (Lipinski definition) is 3. The predicted octanol–water partition coefficient (Wildman–Crippen LogP) is 3.52. The second kappa shape index (κ2) is 8.33. The van der Waals surface area contributed by atoms with Crippen molar-refractivity contribution < 1.29 is 9.53 Å². The molecule has 5 heteroatoms. The fourth-order valence-electron chi connectivity index (χ4n) is 2.73. The van der Waals surface area contributed by atoms with Crippen LogP contribution >= 0.6 is 0 Å². The number of pyridine rings is 1. The molecule has 2 heterocycles. The van der Waals surface area contributed by atoms with Gasteiger partial charge in [0.25, 0.3) is 0 Å². The summed E-state index contributed by atoms with van der Waals surface area (Å²) >= 11 is 0. The summed E-state index contributed by atoms with van der Waals surface area (Å²) in [7, 11) is 0. The lowest BCUT2D eigenvalue weighted by Crippen LogP contribution is -2.42. The van der Waals surface area contributed by atoms with E-state index in [-0.39, 0.29) is 6.03 Å². The molecule has 1 aromatic heterocycles. The number of amides is 2. The quantitative estimate of drug-likeness (QED) is 0.849. The zero-order valence-electron chi connectivity index (χ0n) is 14.3. The van der Waals surface area contributed by atoms with Crippen molar-refractivity contribution in [2.45, 2.75) is 26.0 Å². The lowest BCUT2D eigenvalue weighted by atomic mass is 10.1. The molecule has 0 radical (unpaired) electrons. The van der Waals surface area contributed by atoms with Gasteiger partial charge in [0.2, 0.25) is 0 Å². The van der Waals surface area contributed by atoms with Crippen LogP contribution < -0.4 is 10.1 Å². The lowest BCUT2D eigenvalue weighted by Gasteiger charge is -2.28. The third kappa shape index (κ3) is 4.83. The summed E-state index contributed by atoms with van der Waals surface area (Å²) in [6.45, 7) is 6.34. The molecular weight excluding hydrogens is 314 g/mol. The fraction of sp³-hybridized carbons (Fsp3) is 0.300. The van der Waals surface area contributed by atoms with E-state index in [1.807, 2.05) is 41.3 Å². The Hall–Kier alpha value is -2.82. The Bertz CT molecular complexity index is 721. The fourth-order valence-corrected chi connectivity index (χ4v) is 2.73. The number of carbonyl (C=O) groups is 1. The van der Waals surface area contributed by atoms with Crippen LogP contribution in [0, 0.1) is 0 Å². The summed E-state index contributed by atoms with van der Waals surface area (Å²) in [6.07, 6.45) is 5.17. The van der Waals surface area contributed by atoms with E-state index in [0.29, 0.717) is 18.9 Å². The van der Waals surface area contributed by atoms with Gasteiger partial charge in [-0.25, -0.2) is 4.79 Å². The van der Waals surface area contributed by atoms with Crippen LogP contribution in [0.4, 0.5) is 4.79 Å². The van der Waals surface area contributed by atoms with Gasteiger partial charge in [-0.3, -0.25) is 4.98 Å². The summed E-state index contributed by atoms with van der Waals surface area (Å²) in [5.74, 6) is 0.693. The van der Waals surface area contributed by atoms with Gasteiger partial charge < -0.3 is 15.0 Å². The van der Waals surface area contributed by atoms with Crippen LogP contribution in [-0.2, 0) is 13.2 Å². The molecule has 1 aromatic carbocycles. The van der Waals surface area contributed by atoms with Gasteiger partial charge in [0.15, 0.2) is 0 Å². The summed E-state index contributed by atoms with van der Waals surface area (Å²) in [6, 6.07) is 11.8. The van der Waals surface area contributed by atoms with E-state index in [9.17, 15) is 4.79 Å². The monoisotopic (exact) mass is 337 g/mol. The summed E-state index contributed by atoms with van der Waals surface area (Å²) in [5.41, 5.74) is 3.23. The van der Waals surface area contributed by atoms with E-state index in [0.717, 1.165) is 37.1 Å². The van der Waals surface area contributed by atoms with Gasteiger partial charge in [-0.2, -0.15) is 0 Å². The number of aromatic nitrogens is 1. The number of nitrogens with zero attached hydrogens (tertiary/aromatic N) is 2. The molecule has 1 aliphatic heterocycles. The summed E-state index contributed by atoms with van der Waals surface area (Å²) in [5, 5.41) is 2.97. The minimum atomic E-state index is -0.0432. The Labute approximate surface area is 148 Å². The van der Waals surface area contributed by atoms with Crippen molar-refractivity contribution in [2.24, 2.45) is 0 Å². The normalized spacial score (nSPS) is 14.2. The molecule has 3 rings (SSSR count). The van der Waals surface area contributed by atoms with E-state index in [4.69, 9.17) is 4.74 Å². The third-order valence-corrected chi connectivity index (χ3v) is 4.30. The molecular formula is C20H23N3O2. The summed E-state index contributed by atoms with van der Waals surface area (Å²) in [4.78, 5) is 18.3. The first kappa shape index (κ1) is 17.0. The van der Waals surface area contributed by atoms with Gasteiger partial charge in [0.05, 0.1) is 6.20 Å². The zero-order valence-corrected chi connectivity index (χ0v) is 14.3. The second-order valence-corrected chi connectivity index (χ2v) is 6.15. The number of piperidine rings is 1. The van der Waals surface area contributed by atoms with E-state index in [1.54, 1.807) is 12.4 Å². The van der Waals surface area contributed by atoms with E-state index in [2.05, 4.69) is 16.9 Å². The molecule has 0 aliphatic carbocycles. The lowest BCUT2D eigenvalue weighted by molar-refractivity contribution is 0.193. The molecule has 1 aliphatic rings. The van der Waals surface area contributed by atoms with Crippen molar-refractivity contribution in [3.05, 3.63) is 72.1 Å².